The number of halogens is 2. The second-order valence-corrected chi connectivity index (χ2v) is 6.65. The van der Waals surface area contributed by atoms with E-state index in [2.05, 4.69) is 43.8 Å². The van der Waals surface area contributed by atoms with Gasteiger partial charge in [-0.25, -0.2) is 0 Å². The maximum absolute atomic E-state index is 12.4. The molecule has 0 saturated heterocycles. The van der Waals surface area contributed by atoms with E-state index in [-0.39, 0.29) is 5.91 Å². The van der Waals surface area contributed by atoms with E-state index in [9.17, 15) is 4.79 Å². The monoisotopic (exact) mass is 444 g/mol. The third-order valence-electron chi connectivity index (χ3n) is 3.18. The summed E-state index contributed by atoms with van der Waals surface area (Å²) in [7, 11) is 0. The Labute approximate surface area is 140 Å². The van der Waals surface area contributed by atoms with Gasteiger partial charge in [-0.1, -0.05) is 6.07 Å². The van der Waals surface area contributed by atoms with Crippen LogP contribution in [0.25, 0.3) is 0 Å². The number of nitrogens with one attached hydrogen (secondary N) is 1. The van der Waals surface area contributed by atoms with E-state index in [1.54, 1.807) is 0 Å². The van der Waals surface area contributed by atoms with E-state index >= 15 is 0 Å². The van der Waals surface area contributed by atoms with Gasteiger partial charge in [0.25, 0.3) is 5.91 Å². The van der Waals surface area contributed by atoms with Crippen LogP contribution in [0.5, 0.6) is 0 Å². The Kier molecular flexibility index (Phi) is 4.70. The predicted molar refractivity (Wildman–Crippen MR) is 95.1 cm³/mol. The van der Waals surface area contributed by atoms with Gasteiger partial charge in [-0.15, -0.1) is 0 Å². The van der Waals surface area contributed by atoms with Crippen LogP contribution >= 0.6 is 38.5 Å². The van der Waals surface area contributed by atoms with Gasteiger partial charge in [0.2, 0.25) is 0 Å². The molecule has 0 radical (unpaired) electrons. The number of carbonyl (C=O) groups is 1. The smallest absolute Gasteiger partial charge is 0.256 e. The van der Waals surface area contributed by atoms with Gasteiger partial charge in [0.15, 0.2) is 0 Å². The zero-order valence-corrected chi connectivity index (χ0v) is 14.9. The fourth-order valence-electron chi connectivity index (χ4n) is 1.86. The van der Waals surface area contributed by atoms with Gasteiger partial charge in [-0.05, 0) is 87.8 Å². The van der Waals surface area contributed by atoms with Crippen LogP contribution in [0.1, 0.15) is 21.5 Å². The Bertz CT molecular complexity index is 686. The minimum Gasteiger partial charge on any atom is -0.397 e. The van der Waals surface area contributed by atoms with E-state index in [4.69, 9.17) is 5.73 Å². The highest BCUT2D eigenvalue weighted by Crippen LogP contribution is 2.27. The van der Waals surface area contributed by atoms with Gasteiger partial charge in [0.05, 0.1) is 16.9 Å². The molecule has 0 aromatic heterocycles. The molecule has 3 nitrogen and oxygen atoms in total. The van der Waals surface area contributed by atoms with Gasteiger partial charge in [0, 0.05) is 8.04 Å². The summed E-state index contributed by atoms with van der Waals surface area (Å²) in [6.45, 7) is 3.94. The number of anilines is 2. The SMILES string of the molecule is Cc1ccc(N)c(NC(=O)c2cc(I)ccc2Br)c1C. The first-order valence-corrected chi connectivity index (χ1v) is 7.89. The summed E-state index contributed by atoms with van der Waals surface area (Å²) in [6, 6.07) is 9.39. The summed E-state index contributed by atoms with van der Waals surface area (Å²) in [4.78, 5) is 12.4. The first-order valence-electron chi connectivity index (χ1n) is 6.02. The van der Waals surface area contributed by atoms with Crippen molar-refractivity contribution in [1.82, 2.24) is 0 Å². The van der Waals surface area contributed by atoms with Gasteiger partial charge < -0.3 is 11.1 Å². The maximum Gasteiger partial charge on any atom is 0.256 e. The standard InChI is InChI=1S/C15H14BrIN2O/c1-8-3-6-13(18)14(9(8)2)19-15(20)11-7-10(17)4-5-12(11)16/h3-7H,18H2,1-2H3,(H,19,20). The van der Waals surface area contributed by atoms with Gasteiger partial charge in [-0.2, -0.15) is 0 Å². The molecule has 0 bridgehead atoms. The molecule has 0 aliphatic rings. The van der Waals surface area contributed by atoms with E-state index in [1.165, 1.54) is 0 Å². The summed E-state index contributed by atoms with van der Waals surface area (Å²) < 4.78 is 1.77. The number of carbonyl (C=O) groups excluding carboxylic acids is 1. The topological polar surface area (TPSA) is 55.1 Å². The molecule has 0 spiro atoms. The third kappa shape index (κ3) is 3.15. The highest BCUT2D eigenvalue weighted by molar-refractivity contribution is 14.1. The first-order chi connectivity index (χ1) is 9.40. The molecule has 5 heteroatoms. The largest absolute Gasteiger partial charge is 0.397 e. The van der Waals surface area contributed by atoms with Crippen molar-refractivity contribution in [2.24, 2.45) is 0 Å². The molecule has 20 heavy (non-hydrogen) atoms. The second kappa shape index (κ2) is 6.13. The van der Waals surface area contributed by atoms with Crippen LogP contribution in [0.2, 0.25) is 0 Å². The second-order valence-electron chi connectivity index (χ2n) is 4.55. The first kappa shape index (κ1) is 15.3. The van der Waals surface area contributed by atoms with Crippen molar-refractivity contribution >= 4 is 55.8 Å². The van der Waals surface area contributed by atoms with Gasteiger partial charge >= 0.3 is 0 Å². The average molecular weight is 445 g/mol. The molecule has 0 aliphatic carbocycles. The summed E-state index contributed by atoms with van der Waals surface area (Å²) in [5.41, 5.74) is 9.88. The van der Waals surface area contributed by atoms with Crippen molar-refractivity contribution in [2.75, 3.05) is 11.1 Å². The van der Waals surface area contributed by atoms with Crippen molar-refractivity contribution < 1.29 is 4.79 Å². The van der Waals surface area contributed by atoms with Crippen molar-refractivity contribution in [2.45, 2.75) is 13.8 Å². The molecule has 0 atom stereocenters. The predicted octanol–water partition coefficient (Wildman–Crippen LogP) is 4.51. The molecule has 0 heterocycles. The summed E-state index contributed by atoms with van der Waals surface area (Å²) in [5, 5.41) is 2.91. The number of hydrogen-bond acceptors (Lipinski definition) is 2. The molecule has 0 saturated carbocycles. The van der Waals surface area contributed by atoms with Crippen molar-refractivity contribution in [3.8, 4) is 0 Å². The Morgan fingerprint density at radius 3 is 2.65 bits per heavy atom. The number of aryl methyl sites for hydroxylation is 1. The zero-order chi connectivity index (χ0) is 14.9. The molecule has 2 aromatic carbocycles. The molecule has 1 amide bonds. The number of nitrogen functional groups attached to an aromatic ring is 1. The minimum atomic E-state index is -0.171. The third-order valence-corrected chi connectivity index (χ3v) is 4.54. The van der Waals surface area contributed by atoms with Crippen LogP contribution in [0.3, 0.4) is 0 Å². The van der Waals surface area contributed by atoms with Crippen molar-refractivity contribution in [3.05, 3.63) is 55.1 Å². The summed E-state index contributed by atoms with van der Waals surface area (Å²) in [5.74, 6) is -0.171. The van der Waals surface area contributed by atoms with Crippen molar-refractivity contribution in [3.63, 3.8) is 0 Å². The quantitative estimate of drug-likeness (QED) is 0.529. The lowest BCUT2D eigenvalue weighted by Gasteiger charge is -2.14. The average Bonchev–Trinajstić information content (AvgIpc) is 2.41. The summed E-state index contributed by atoms with van der Waals surface area (Å²) >= 11 is 5.58. The number of nitrogens with two attached hydrogens (primary N) is 1. The highest BCUT2D eigenvalue weighted by Gasteiger charge is 2.14. The van der Waals surface area contributed by atoms with Crippen LogP contribution in [-0.4, -0.2) is 5.91 Å². The molecular weight excluding hydrogens is 431 g/mol. The van der Waals surface area contributed by atoms with E-state index in [0.717, 1.165) is 19.2 Å². The summed E-state index contributed by atoms with van der Waals surface area (Å²) in [6.07, 6.45) is 0. The Hall–Kier alpha value is -1.08. The van der Waals surface area contributed by atoms with Crippen LogP contribution in [0, 0.1) is 17.4 Å². The van der Waals surface area contributed by atoms with Crippen molar-refractivity contribution in [1.29, 1.82) is 0 Å². The number of benzene rings is 2. The lowest BCUT2D eigenvalue weighted by Crippen LogP contribution is -2.15. The fraction of sp³-hybridized carbons (Fsp3) is 0.133. The molecule has 3 N–H and O–H groups in total. The lowest BCUT2D eigenvalue weighted by atomic mass is 10.1. The van der Waals surface area contributed by atoms with Crippen LogP contribution in [0.15, 0.2) is 34.8 Å². The lowest BCUT2D eigenvalue weighted by molar-refractivity contribution is 0.102. The zero-order valence-electron chi connectivity index (χ0n) is 11.1. The fourth-order valence-corrected chi connectivity index (χ4v) is 2.77. The number of rotatable bonds is 2. The number of amides is 1. The van der Waals surface area contributed by atoms with Gasteiger partial charge in [0.1, 0.15) is 0 Å². The van der Waals surface area contributed by atoms with E-state index in [1.807, 2.05) is 44.2 Å². The molecular formula is C15H14BrIN2O. The Morgan fingerprint density at radius 1 is 1.25 bits per heavy atom. The van der Waals surface area contributed by atoms with Crippen LogP contribution < -0.4 is 11.1 Å². The highest BCUT2D eigenvalue weighted by atomic mass is 127. The normalized spacial score (nSPS) is 10.4. The molecule has 2 rings (SSSR count). The molecule has 0 unspecified atom stereocenters. The van der Waals surface area contributed by atoms with E-state index < -0.39 is 0 Å². The number of hydrogen-bond donors (Lipinski definition) is 2. The molecule has 0 fully saturated rings. The molecule has 104 valence electrons. The molecule has 0 aliphatic heterocycles. The Balaban J connectivity index is 2.38. The maximum atomic E-state index is 12.4. The Morgan fingerprint density at radius 2 is 1.95 bits per heavy atom. The van der Waals surface area contributed by atoms with E-state index in [0.29, 0.717) is 16.9 Å². The van der Waals surface area contributed by atoms with Gasteiger partial charge in [-0.3, -0.25) is 4.79 Å². The van der Waals surface area contributed by atoms with Crippen LogP contribution in [-0.2, 0) is 0 Å². The minimum absolute atomic E-state index is 0.171. The van der Waals surface area contributed by atoms with Crippen LogP contribution in [0.4, 0.5) is 11.4 Å². The molecule has 2 aromatic rings.